The third-order valence-corrected chi connectivity index (χ3v) is 4.95. The molecule has 0 fully saturated rings. The van der Waals surface area contributed by atoms with Crippen molar-refractivity contribution in [2.24, 2.45) is 5.92 Å². The third-order valence-electron chi connectivity index (χ3n) is 4.95. The van der Waals surface area contributed by atoms with E-state index in [1.54, 1.807) is 17.0 Å². The van der Waals surface area contributed by atoms with E-state index in [1.807, 2.05) is 45.0 Å². The smallest absolute Gasteiger partial charge is 0.320 e. The summed E-state index contributed by atoms with van der Waals surface area (Å²) >= 11 is 0. The SMILES string of the molecule is Cc1cccc(Cn2cnc3c2c(=O)n(CC(C)C)c(=O)n3-c2cccc(F)c2)c1. The first-order chi connectivity index (χ1) is 14.3. The molecule has 4 aromatic rings. The van der Waals surface area contributed by atoms with Gasteiger partial charge in [-0.15, -0.1) is 0 Å². The first kappa shape index (κ1) is 19.8. The molecule has 0 amide bonds. The van der Waals surface area contributed by atoms with Gasteiger partial charge < -0.3 is 4.57 Å². The van der Waals surface area contributed by atoms with Crippen molar-refractivity contribution in [1.82, 2.24) is 18.7 Å². The highest BCUT2D eigenvalue weighted by Gasteiger charge is 2.20. The molecule has 0 saturated carbocycles. The van der Waals surface area contributed by atoms with E-state index in [0.29, 0.717) is 17.7 Å². The summed E-state index contributed by atoms with van der Waals surface area (Å²) in [5.74, 6) is -0.379. The zero-order valence-electron chi connectivity index (χ0n) is 17.2. The summed E-state index contributed by atoms with van der Waals surface area (Å²) in [6.45, 7) is 6.58. The molecular weight excluding hydrogens is 383 g/mol. The average molecular weight is 406 g/mol. The molecule has 0 saturated heterocycles. The quantitative estimate of drug-likeness (QED) is 0.510. The number of hydrogen-bond donors (Lipinski definition) is 0. The lowest BCUT2D eigenvalue weighted by molar-refractivity contribution is 0.488. The van der Waals surface area contributed by atoms with E-state index < -0.39 is 11.5 Å². The molecule has 0 aliphatic rings. The summed E-state index contributed by atoms with van der Waals surface area (Å²) in [6, 6.07) is 13.7. The van der Waals surface area contributed by atoms with Gasteiger partial charge >= 0.3 is 5.69 Å². The lowest BCUT2D eigenvalue weighted by Crippen LogP contribution is -2.41. The molecule has 30 heavy (non-hydrogen) atoms. The van der Waals surface area contributed by atoms with Crippen LogP contribution in [0, 0.1) is 18.7 Å². The van der Waals surface area contributed by atoms with E-state index in [2.05, 4.69) is 4.98 Å². The largest absolute Gasteiger partial charge is 0.337 e. The Labute approximate surface area is 172 Å². The number of imidazole rings is 1. The summed E-state index contributed by atoms with van der Waals surface area (Å²) in [5, 5.41) is 0. The molecule has 0 atom stereocenters. The zero-order chi connectivity index (χ0) is 21.4. The molecule has 154 valence electrons. The Kier molecular flexibility index (Phi) is 5.11. The minimum Gasteiger partial charge on any atom is -0.320 e. The molecule has 0 unspecified atom stereocenters. The minimum atomic E-state index is -0.521. The number of hydrogen-bond acceptors (Lipinski definition) is 3. The summed E-state index contributed by atoms with van der Waals surface area (Å²) in [4.78, 5) is 30.9. The second-order valence-electron chi connectivity index (χ2n) is 7.94. The van der Waals surface area contributed by atoms with Crippen LogP contribution in [0.3, 0.4) is 0 Å². The number of aryl methyl sites for hydroxylation is 1. The molecule has 7 heteroatoms. The van der Waals surface area contributed by atoms with Crippen molar-refractivity contribution in [2.45, 2.75) is 33.9 Å². The number of rotatable bonds is 5. The van der Waals surface area contributed by atoms with Crippen LogP contribution in [-0.2, 0) is 13.1 Å². The van der Waals surface area contributed by atoms with Crippen molar-refractivity contribution < 1.29 is 4.39 Å². The van der Waals surface area contributed by atoms with Gasteiger partial charge in [-0.05, 0) is 36.6 Å². The van der Waals surface area contributed by atoms with Gasteiger partial charge in [-0.1, -0.05) is 49.7 Å². The number of halogens is 1. The van der Waals surface area contributed by atoms with Crippen LogP contribution >= 0.6 is 0 Å². The molecule has 2 heterocycles. The summed E-state index contributed by atoms with van der Waals surface area (Å²) < 4.78 is 18.2. The van der Waals surface area contributed by atoms with Gasteiger partial charge in [-0.25, -0.2) is 18.7 Å². The molecular formula is C23H23FN4O2. The van der Waals surface area contributed by atoms with Gasteiger partial charge in [0, 0.05) is 13.1 Å². The van der Waals surface area contributed by atoms with E-state index in [1.165, 1.54) is 27.3 Å². The van der Waals surface area contributed by atoms with Crippen LogP contribution in [0.25, 0.3) is 16.9 Å². The molecule has 6 nitrogen and oxygen atoms in total. The fraction of sp³-hybridized carbons (Fsp3) is 0.261. The molecule has 2 aromatic carbocycles. The Hall–Kier alpha value is -3.48. The average Bonchev–Trinajstić information content (AvgIpc) is 3.08. The van der Waals surface area contributed by atoms with Gasteiger partial charge in [-0.3, -0.25) is 9.36 Å². The van der Waals surface area contributed by atoms with Crippen LogP contribution in [0.5, 0.6) is 0 Å². The van der Waals surface area contributed by atoms with Crippen molar-refractivity contribution in [1.29, 1.82) is 0 Å². The Bertz CT molecular complexity index is 1350. The molecule has 4 rings (SSSR count). The molecule has 2 aromatic heterocycles. The molecule has 0 N–H and O–H groups in total. The lowest BCUT2D eigenvalue weighted by atomic mass is 10.1. The highest BCUT2D eigenvalue weighted by Crippen LogP contribution is 2.16. The topological polar surface area (TPSA) is 61.8 Å². The van der Waals surface area contributed by atoms with E-state index >= 15 is 0 Å². The van der Waals surface area contributed by atoms with E-state index in [9.17, 15) is 14.0 Å². The van der Waals surface area contributed by atoms with Gasteiger partial charge in [-0.2, -0.15) is 0 Å². The number of fused-ring (bicyclic) bond motifs is 1. The van der Waals surface area contributed by atoms with Crippen molar-refractivity contribution in [2.75, 3.05) is 0 Å². The first-order valence-corrected chi connectivity index (χ1v) is 9.87. The van der Waals surface area contributed by atoms with Crippen LogP contribution in [-0.4, -0.2) is 18.7 Å². The van der Waals surface area contributed by atoms with Crippen LogP contribution in [0.2, 0.25) is 0 Å². The highest BCUT2D eigenvalue weighted by atomic mass is 19.1. The van der Waals surface area contributed by atoms with E-state index in [4.69, 9.17) is 0 Å². The Morgan fingerprint density at radius 3 is 2.53 bits per heavy atom. The van der Waals surface area contributed by atoms with E-state index in [0.717, 1.165) is 11.1 Å². The molecule has 0 bridgehead atoms. The van der Waals surface area contributed by atoms with Gasteiger partial charge in [0.15, 0.2) is 11.2 Å². The van der Waals surface area contributed by atoms with E-state index in [-0.39, 0.29) is 23.7 Å². The summed E-state index contributed by atoms with van der Waals surface area (Å²) in [7, 11) is 0. The molecule has 0 spiro atoms. The Morgan fingerprint density at radius 1 is 1.07 bits per heavy atom. The fourth-order valence-electron chi connectivity index (χ4n) is 3.68. The van der Waals surface area contributed by atoms with Crippen molar-refractivity contribution in [3.05, 3.63) is 92.6 Å². The number of benzene rings is 2. The highest BCUT2D eigenvalue weighted by molar-refractivity contribution is 5.72. The zero-order valence-corrected chi connectivity index (χ0v) is 17.2. The minimum absolute atomic E-state index is 0.0851. The maximum atomic E-state index is 13.9. The Morgan fingerprint density at radius 2 is 1.83 bits per heavy atom. The standard InChI is InChI=1S/C23H23FN4O2/c1-15(2)12-27-22(29)20-21(28(23(27)30)19-9-5-8-18(24)11-19)25-14-26(20)13-17-7-4-6-16(3)10-17/h4-11,14-15H,12-13H2,1-3H3. The van der Waals surface area contributed by atoms with Crippen LogP contribution in [0.1, 0.15) is 25.0 Å². The van der Waals surface area contributed by atoms with Crippen molar-refractivity contribution >= 4 is 11.2 Å². The fourth-order valence-corrected chi connectivity index (χ4v) is 3.68. The van der Waals surface area contributed by atoms with Gasteiger partial charge in [0.25, 0.3) is 5.56 Å². The predicted molar refractivity (Wildman–Crippen MR) is 115 cm³/mol. The van der Waals surface area contributed by atoms with Gasteiger partial charge in [0.1, 0.15) is 5.82 Å². The summed E-state index contributed by atoms with van der Waals surface area (Å²) in [6.07, 6.45) is 1.56. The third kappa shape index (κ3) is 3.58. The monoisotopic (exact) mass is 406 g/mol. The maximum absolute atomic E-state index is 13.9. The normalized spacial score (nSPS) is 11.5. The van der Waals surface area contributed by atoms with Crippen molar-refractivity contribution in [3.8, 4) is 5.69 Å². The van der Waals surface area contributed by atoms with Crippen LogP contribution in [0.15, 0.2) is 64.4 Å². The van der Waals surface area contributed by atoms with Crippen molar-refractivity contribution in [3.63, 3.8) is 0 Å². The number of nitrogens with zero attached hydrogens (tertiary/aromatic N) is 4. The summed E-state index contributed by atoms with van der Waals surface area (Å²) in [5.41, 5.74) is 2.11. The first-order valence-electron chi connectivity index (χ1n) is 9.87. The van der Waals surface area contributed by atoms with Gasteiger partial charge in [0.05, 0.1) is 12.0 Å². The van der Waals surface area contributed by atoms with Gasteiger partial charge in [0.2, 0.25) is 0 Å². The second kappa shape index (κ2) is 7.74. The number of aromatic nitrogens is 4. The maximum Gasteiger partial charge on any atom is 0.337 e. The molecule has 0 radical (unpaired) electrons. The lowest BCUT2D eigenvalue weighted by Gasteiger charge is -2.14. The Balaban J connectivity index is 2.00. The van der Waals surface area contributed by atoms with Crippen LogP contribution < -0.4 is 11.2 Å². The predicted octanol–water partition coefficient (Wildman–Crippen LogP) is 3.50. The molecule has 0 aliphatic carbocycles. The molecule has 0 aliphatic heterocycles. The second-order valence-corrected chi connectivity index (χ2v) is 7.94. The van der Waals surface area contributed by atoms with Crippen LogP contribution in [0.4, 0.5) is 4.39 Å².